The van der Waals surface area contributed by atoms with Gasteiger partial charge in [-0.2, -0.15) is 13.2 Å². The number of nitrogens with two attached hydrogens (primary N) is 1. The van der Waals surface area contributed by atoms with Crippen LogP contribution >= 0.6 is 0 Å². The number of rotatable bonds is 3. The summed E-state index contributed by atoms with van der Waals surface area (Å²) in [6, 6.07) is 12.1. The van der Waals surface area contributed by atoms with Crippen molar-refractivity contribution >= 4 is 17.3 Å². The highest BCUT2D eigenvalue weighted by molar-refractivity contribution is 5.93. The Morgan fingerprint density at radius 1 is 1.12 bits per heavy atom. The zero-order valence-electron chi connectivity index (χ0n) is 13.9. The Hall–Kier alpha value is -2.58. The molecule has 0 saturated carbocycles. The molecule has 1 heterocycles. The molecule has 2 aromatic rings. The summed E-state index contributed by atoms with van der Waals surface area (Å²) in [5, 5.41) is 6.04. The van der Waals surface area contributed by atoms with Crippen LogP contribution in [-0.4, -0.2) is 25.7 Å². The van der Waals surface area contributed by atoms with Crippen LogP contribution in [0, 0.1) is 0 Å². The molecule has 3 rings (SSSR count). The minimum atomic E-state index is -4.36. The van der Waals surface area contributed by atoms with Gasteiger partial charge in [-0.3, -0.25) is 0 Å². The Balaban J connectivity index is 1.63. The Bertz CT molecular complexity index is 752. The Morgan fingerprint density at radius 3 is 2.38 bits per heavy atom. The fourth-order valence-electron chi connectivity index (χ4n) is 2.60. The van der Waals surface area contributed by atoms with E-state index in [0.29, 0.717) is 18.0 Å². The van der Waals surface area contributed by atoms with Crippen LogP contribution in [-0.2, 0) is 10.9 Å². The molecule has 1 saturated heterocycles. The monoisotopic (exact) mass is 364 g/mol. The van der Waals surface area contributed by atoms with Gasteiger partial charge >= 0.3 is 6.18 Å². The first-order chi connectivity index (χ1) is 12.4. The average Bonchev–Trinajstić information content (AvgIpc) is 2.63. The SMILES string of the molecule is NC(=Nc1ccc(C2CNCCO2)cc1)Nc1ccc(C(F)(F)F)cc1. The summed E-state index contributed by atoms with van der Waals surface area (Å²) in [7, 11) is 0. The number of alkyl halides is 3. The van der Waals surface area contributed by atoms with Gasteiger partial charge in [0.1, 0.15) is 0 Å². The third-order valence-corrected chi connectivity index (χ3v) is 3.93. The second-order valence-corrected chi connectivity index (χ2v) is 5.85. The van der Waals surface area contributed by atoms with E-state index in [9.17, 15) is 13.2 Å². The van der Waals surface area contributed by atoms with Crippen molar-refractivity contribution in [3.05, 3.63) is 59.7 Å². The number of nitrogens with one attached hydrogen (secondary N) is 2. The lowest BCUT2D eigenvalue weighted by molar-refractivity contribution is -0.137. The highest BCUT2D eigenvalue weighted by Gasteiger charge is 2.29. The highest BCUT2D eigenvalue weighted by Crippen LogP contribution is 2.29. The van der Waals surface area contributed by atoms with E-state index in [-0.39, 0.29) is 12.1 Å². The summed E-state index contributed by atoms with van der Waals surface area (Å²) < 4.78 is 43.3. The number of anilines is 1. The molecular formula is C18H19F3N4O. The standard InChI is InChI=1S/C18H19F3N4O/c19-18(20,21)13-3-7-15(8-4-13)25-17(22)24-14-5-1-12(2-6-14)16-11-23-9-10-26-16/h1-8,16,23H,9-11H2,(H3,22,24,25). The lowest BCUT2D eigenvalue weighted by Crippen LogP contribution is -2.33. The van der Waals surface area contributed by atoms with Crippen molar-refractivity contribution in [3.63, 3.8) is 0 Å². The number of guanidine groups is 1. The molecule has 26 heavy (non-hydrogen) atoms. The van der Waals surface area contributed by atoms with Crippen LogP contribution in [0.4, 0.5) is 24.5 Å². The zero-order valence-corrected chi connectivity index (χ0v) is 13.9. The van der Waals surface area contributed by atoms with Crippen LogP contribution < -0.4 is 16.4 Å². The van der Waals surface area contributed by atoms with Crippen molar-refractivity contribution in [2.45, 2.75) is 12.3 Å². The van der Waals surface area contributed by atoms with Gasteiger partial charge in [-0.1, -0.05) is 12.1 Å². The Morgan fingerprint density at radius 2 is 1.81 bits per heavy atom. The molecule has 0 amide bonds. The summed E-state index contributed by atoms with van der Waals surface area (Å²) in [6.45, 7) is 2.29. The van der Waals surface area contributed by atoms with Gasteiger partial charge in [-0.05, 0) is 42.0 Å². The number of benzene rings is 2. The Labute approximate surface area is 149 Å². The predicted octanol–water partition coefficient (Wildman–Crippen LogP) is 3.42. The smallest absolute Gasteiger partial charge is 0.371 e. The maximum absolute atomic E-state index is 12.6. The van der Waals surface area contributed by atoms with E-state index in [1.165, 1.54) is 12.1 Å². The molecule has 4 N–H and O–H groups in total. The molecule has 0 aromatic heterocycles. The van der Waals surface area contributed by atoms with E-state index < -0.39 is 11.7 Å². The molecule has 1 fully saturated rings. The summed E-state index contributed by atoms with van der Waals surface area (Å²) >= 11 is 0. The van der Waals surface area contributed by atoms with Gasteiger partial charge in [0.25, 0.3) is 0 Å². The molecule has 2 aromatic carbocycles. The molecule has 0 bridgehead atoms. The molecule has 1 aliphatic rings. The number of morpholine rings is 1. The van der Waals surface area contributed by atoms with Crippen LogP contribution in [0.25, 0.3) is 0 Å². The van der Waals surface area contributed by atoms with Gasteiger partial charge in [0.2, 0.25) is 0 Å². The number of halogens is 3. The maximum atomic E-state index is 12.6. The lowest BCUT2D eigenvalue weighted by atomic mass is 10.1. The minimum Gasteiger partial charge on any atom is -0.371 e. The van der Waals surface area contributed by atoms with Crippen LogP contribution in [0.2, 0.25) is 0 Å². The van der Waals surface area contributed by atoms with Crippen molar-refractivity contribution in [1.29, 1.82) is 0 Å². The van der Waals surface area contributed by atoms with Gasteiger partial charge in [-0.25, -0.2) is 4.99 Å². The van der Waals surface area contributed by atoms with E-state index in [1.54, 1.807) is 0 Å². The van der Waals surface area contributed by atoms with Gasteiger partial charge in [0, 0.05) is 18.8 Å². The van der Waals surface area contributed by atoms with Gasteiger partial charge in [0.05, 0.1) is 24.0 Å². The van der Waals surface area contributed by atoms with E-state index in [2.05, 4.69) is 15.6 Å². The fraction of sp³-hybridized carbons (Fsp3) is 0.278. The quantitative estimate of drug-likeness (QED) is 0.576. The Kier molecular flexibility index (Phi) is 5.43. The van der Waals surface area contributed by atoms with Crippen LogP contribution in [0.15, 0.2) is 53.5 Å². The predicted molar refractivity (Wildman–Crippen MR) is 94.4 cm³/mol. The second kappa shape index (κ2) is 7.76. The summed E-state index contributed by atoms with van der Waals surface area (Å²) in [5.74, 6) is 0.0908. The summed E-state index contributed by atoms with van der Waals surface area (Å²) in [4.78, 5) is 4.22. The highest BCUT2D eigenvalue weighted by atomic mass is 19.4. The number of nitrogens with zero attached hydrogens (tertiary/aromatic N) is 1. The van der Waals surface area contributed by atoms with E-state index in [4.69, 9.17) is 10.5 Å². The first-order valence-corrected chi connectivity index (χ1v) is 8.12. The molecule has 0 spiro atoms. The van der Waals surface area contributed by atoms with Crippen LogP contribution in [0.3, 0.4) is 0 Å². The zero-order chi connectivity index (χ0) is 18.6. The van der Waals surface area contributed by atoms with Crippen molar-refractivity contribution < 1.29 is 17.9 Å². The first kappa shape index (κ1) is 18.2. The first-order valence-electron chi connectivity index (χ1n) is 8.12. The number of aliphatic imine (C=N–C) groups is 1. The normalized spacial score (nSPS) is 18.6. The van der Waals surface area contributed by atoms with Crippen LogP contribution in [0.1, 0.15) is 17.2 Å². The third-order valence-electron chi connectivity index (χ3n) is 3.93. The number of hydrogen-bond donors (Lipinski definition) is 3. The number of hydrogen-bond acceptors (Lipinski definition) is 3. The van der Waals surface area contributed by atoms with Gasteiger partial charge in [-0.15, -0.1) is 0 Å². The third kappa shape index (κ3) is 4.74. The lowest BCUT2D eigenvalue weighted by Gasteiger charge is -2.23. The van der Waals surface area contributed by atoms with Crippen molar-refractivity contribution in [2.75, 3.05) is 25.0 Å². The largest absolute Gasteiger partial charge is 0.416 e. The van der Waals surface area contributed by atoms with Crippen LogP contribution in [0.5, 0.6) is 0 Å². The molecule has 1 unspecified atom stereocenters. The minimum absolute atomic E-state index is 0.0180. The number of ether oxygens (including phenoxy) is 1. The van der Waals surface area contributed by atoms with E-state index in [0.717, 1.165) is 30.8 Å². The topological polar surface area (TPSA) is 71.7 Å². The van der Waals surface area contributed by atoms with Crippen molar-refractivity contribution in [2.24, 2.45) is 10.7 Å². The molecule has 8 heteroatoms. The van der Waals surface area contributed by atoms with Crippen molar-refractivity contribution in [3.8, 4) is 0 Å². The molecule has 5 nitrogen and oxygen atoms in total. The molecule has 0 aliphatic carbocycles. The van der Waals surface area contributed by atoms with Gasteiger partial charge < -0.3 is 21.1 Å². The maximum Gasteiger partial charge on any atom is 0.416 e. The summed E-state index contributed by atoms with van der Waals surface area (Å²) in [6.07, 6.45) is -4.35. The van der Waals surface area contributed by atoms with E-state index in [1.807, 2.05) is 24.3 Å². The molecule has 138 valence electrons. The van der Waals surface area contributed by atoms with Crippen molar-refractivity contribution in [1.82, 2.24) is 5.32 Å². The molecule has 0 radical (unpaired) electrons. The second-order valence-electron chi connectivity index (χ2n) is 5.85. The molecular weight excluding hydrogens is 345 g/mol. The molecule has 1 atom stereocenters. The fourth-order valence-corrected chi connectivity index (χ4v) is 2.60. The molecule has 1 aliphatic heterocycles. The average molecular weight is 364 g/mol. The summed E-state index contributed by atoms with van der Waals surface area (Å²) in [5.41, 5.74) is 7.22. The van der Waals surface area contributed by atoms with Gasteiger partial charge in [0.15, 0.2) is 5.96 Å². The van der Waals surface area contributed by atoms with E-state index >= 15 is 0 Å².